The van der Waals surface area contributed by atoms with E-state index in [4.69, 9.17) is 0 Å². The van der Waals surface area contributed by atoms with Gasteiger partial charge in [-0.15, -0.1) is 0 Å². The van der Waals surface area contributed by atoms with Crippen molar-refractivity contribution >= 4 is 17.5 Å². The van der Waals surface area contributed by atoms with Crippen molar-refractivity contribution in [2.75, 3.05) is 25.5 Å². The maximum absolute atomic E-state index is 12.6. The molecule has 0 unspecified atom stereocenters. The van der Waals surface area contributed by atoms with Gasteiger partial charge in [-0.2, -0.15) is 5.10 Å². The van der Waals surface area contributed by atoms with Crippen LogP contribution < -0.4 is 10.6 Å². The average Bonchev–Trinajstić information content (AvgIpc) is 3.07. The van der Waals surface area contributed by atoms with Crippen molar-refractivity contribution in [1.29, 1.82) is 0 Å². The van der Waals surface area contributed by atoms with Gasteiger partial charge >= 0.3 is 0 Å². The van der Waals surface area contributed by atoms with Gasteiger partial charge in [0.25, 0.3) is 11.8 Å². The molecular weight excluding hydrogens is 330 g/mol. The Morgan fingerprint density at radius 3 is 2.65 bits per heavy atom. The summed E-state index contributed by atoms with van der Waals surface area (Å²) in [6, 6.07) is 5.85. The fourth-order valence-electron chi connectivity index (χ4n) is 3.13. The Balaban J connectivity index is 1.69. The van der Waals surface area contributed by atoms with E-state index >= 15 is 0 Å². The zero-order chi connectivity index (χ0) is 18.7. The number of nitrogens with one attached hydrogen (secondary N) is 3. The number of aromatic nitrogens is 2. The number of amides is 2. The third-order valence-electron chi connectivity index (χ3n) is 4.81. The van der Waals surface area contributed by atoms with Crippen molar-refractivity contribution in [3.8, 4) is 0 Å². The van der Waals surface area contributed by atoms with Crippen LogP contribution in [0.2, 0.25) is 0 Å². The highest BCUT2D eigenvalue weighted by molar-refractivity contribution is 6.08. The second-order valence-electron chi connectivity index (χ2n) is 6.98. The van der Waals surface area contributed by atoms with Gasteiger partial charge in [-0.05, 0) is 58.5 Å². The molecule has 7 heteroatoms. The first-order valence-electron chi connectivity index (χ1n) is 8.85. The molecule has 1 aromatic heterocycles. The summed E-state index contributed by atoms with van der Waals surface area (Å²) in [5, 5.41) is 12.5. The minimum Gasteiger partial charge on any atom is -0.348 e. The molecule has 3 rings (SSSR count). The quantitative estimate of drug-likeness (QED) is 0.783. The number of aromatic amines is 1. The molecule has 0 radical (unpaired) electrons. The predicted octanol–water partition coefficient (Wildman–Crippen LogP) is 2.10. The van der Waals surface area contributed by atoms with Crippen LogP contribution in [0.15, 0.2) is 24.4 Å². The van der Waals surface area contributed by atoms with Crippen LogP contribution in [0.5, 0.6) is 0 Å². The van der Waals surface area contributed by atoms with Gasteiger partial charge in [-0.25, -0.2) is 0 Å². The van der Waals surface area contributed by atoms with Crippen LogP contribution in [0.3, 0.4) is 0 Å². The number of piperidine rings is 1. The second kappa shape index (κ2) is 7.70. The van der Waals surface area contributed by atoms with Crippen molar-refractivity contribution in [2.45, 2.75) is 32.7 Å². The first kappa shape index (κ1) is 18.1. The number of benzene rings is 1. The largest absolute Gasteiger partial charge is 0.348 e. The maximum Gasteiger partial charge on any atom is 0.271 e. The second-order valence-corrected chi connectivity index (χ2v) is 6.98. The van der Waals surface area contributed by atoms with E-state index in [9.17, 15) is 9.59 Å². The molecule has 0 atom stereocenters. The van der Waals surface area contributed by atoms with Gasteiger partial charge in [-0.3, -0.25) is 14.7 Å². The Bertz CT molecular complexity index is 806. The Kier molecular flexibility index (Phi) is 5.37. The first-order valence-corrected chi connectivity index (χ1v) is 8.85. The van der Waals surface area contributed by atoms with Crippen molar-refractivity contribution in [3.05, 3.63) is 46.8 Å². The number of carbonyl (C=O) groups is 2. The van der Waals surface area contributed by atoms with E-state index in [1.165, 1.54) is 6.20 Å². The van der Waals surface area contributed by atoms with E-state index in [-0.39, 0.29) is 23.6 Å². The van der Waals surface area contributed by atoms with E-state index in [1.807, 2.05) is 32.0 Å². The van der Waals surface area contributed by atoms with Crippen LogP contribution >= 0.6 is 0 Å². The van der Waals surface area contributed by atoms with Gasteiger partial charge in [0.15, 0.2) is 0 Å². The molecule has 2 amide bonds. The van der Waals surface area contributed by atoms with Gasteiger partial charge < -0.3 is 15.5 Å². The van der Waals surface area contributed by atoms with Gasteiger partial charge in [0, 0.05) is 11.6 Å². The highest BCUT2D eigenvalue weighted by Gasteiger charge is 2.22. The number of carbonyl (C=O) groups excluding carboxylic acids is 2. The lowest BCUT2D eigenvalue weighted by atomic mass is 10.0. The van der Waals surface area contributed by atoms with Gasteiger partial charge in [0.1, 0.15) is 5.69 Å². The molecule has 7 nitrogen and oxygen atoms in total. The Hall–Kier alpha value is -2.67. The molecule has 1 fully saturated rings. The Morgan fingerprint density at radius 2 is 1.92 bits per heavy atom. The smallest absolute Gasteiger partial charge is 0.271 e. The molecule has 1 aromatic carbocycles. The summed E-state index contributed by atoms with van der Waals surface area (Å²) in [6.45, 7) is 5.75. The minimum atomic E-state index is -0.249. The normalized spacial score (nSPS) is 15.7. The number of nitrogens with zero attached hydrogens (tertiary/aromatic N) is 2. The number of anilines is 1. The van der Waals surface area contributed by atoms with Crippen molar-refractivity contribution in [2.24, 2.45) is 0 Å². The summed E-state index contributed by atoms with van der Waals surface area (Å²) < 4.78 is 0. The summed E-state index contributed by atoms with van der Waals surface area (Å²) in [6.07, 6.45) is 3.30. The number of likely N-dealkylation sites (tertiary alicyclic amines) is 1. The lowest BCUT2D eigenvalue weighted by Crippen LogP contribution is -2.43. The Labute approximate surface area is 153 Å². The van der Waals surface area contributed by atoms with Crippen molar-refractivity contribution < 1.29 is 9.59 Å². The number of hydrogen-bond acceptors (Lipinski definition) is 4. The minimum absolute atomic E-state index is 0.143. The van der Waals surface area contributed by atoms with Gasteiger partial charge in [-0.1, -0.05) is 17.7 Å². The molecule has 0 aliphatic carbocycles. The van der Waals surface area contributed by atoms with Crippen molar-refractivity contribution in [1.82, 2.24) is 20.4 Å². The third-order valence-corrected chi connectivity index (χ3v) is 4.81. The van der Waals surface area contributed by atoms with Crippen LogP contribution in [0.4, 0.5) is 5.69 Å². The van der Waals surface area contributed by atoms with E-state index in [0.717, 1.165) is 37.1 Å². The fraction of sp³-hybridized carbons (Fsp3) is 0.421. The van der Waals surface area contributed by atoms with E-state index < -0.39 is 0 Å². The monoisotopic (exact) mass is 355 g/mol. The third kappa shape index (κ3) is 4.11. The average molecular weight is 355 g/mol. The standard InChI is InChI=1S/C19H25N5O2/c1-12-4-5-13(2)15(10-12)18(25)22-16-11-20-23-17(16)19(26)21-14-6-8-24(3)9-7-14/h4-5,10-11,14H,6-9H2,1-3H3,(H,20,23)(H,21,26)(H,22,25). The van der Waals surface area contributed by atoms with E-state index in [1.54, 1.807) is 0 Å². The molecule has 0 saturated carbocycles. The molecule has 2 heterocycles. The molecule has 138 valence electrons. The zero-order valence-corrected chi connectivity index (χ0v) is 15.4. The summed E-state index contributed by atoms with van der Waals surface area (Å²) in [5.41, 5.74) is 3.15. The molecule has 3 N–H and O–H groups in total. The highest BCUT2D eigenvalue weighted by Crippen LogP contribution is 2.17. The van der Waals surface area contributed by atoms with Crippen molar-refractivity contribution in [3.63, 3.8) is 0 Å². The van der Waals surface area contributed by atoms with Crippen LogP contribution in [-0.2, 0) is 0 Å². The predicted molar refractivity (Wildman–Crippen MR) is 100 cm³/mol. The highest BCUT2D eigenvalue weighted by atomic mass is 16.2. The fourth-order valence-corrected chi connectivity index (χ4v) is 3.13. The van der Waals surface area contributed by atoms with Crippen LogP contribution in [0, 0.1) is 13.8 Å². The first-order chi connectivity index (χ1) is 12.4. The van der Waals surface area contributed by atoms with E-state index in [2.05, 4.69) is 32.8 Å². The molecule has 0 bridgehead atoms. The molecule has 1 aliphatic rings. The molecular formula is C19H25N5O2. The molecule has 0 spiro atoms. The SMILES string of the molecule is Cc1ccc(C)c(C(=O)Nc2cn[nH]c2C(=O)NC2CCN(C)CC2)c1. The van der Waals surface area contributed by atoms with Gasteiger partial charge in [0.05, 0.1) is 11.9 Å². The lowest BCUT2D eigenvalue weighted by molar-refractivity contribution is 0.0912. The van der Waals surface area contributed by atoms with Crippen LogP contribution in [-0.4, -0.2) is 53.1 Å². The summed E-state index contributed by atoms with van der Waals surface area (Å²) >= 11 is 0. The summed E-state index contributed by atoms with van der Waals surface area (Å²) in [4.78, 5) is 27.4. The van der Waals surface area contributed by atoms with Crippen LogP contribution in [0.25, 0.3) is 0 Å². The Morgan fingerprint density at radius 1 is 1.19 bits per heavy atom. The number of rotatable bonds is 4. The molecule has 1 aliphatic heterocycles. The topological polar surface area (TPSA) is 90.1 Å². The molecule has 26 heavy (non-hydrogen) atoms. The zero-order valence-electron chi connectivity index (χ0n) is 15.4. The number of hydrogen-bond donors (Lipinski definition) is 3. The maximum atomic E-state index is 12.6. The van der Waals surface area contributed by atoms with Crippen LogP contribution in [0.1, 0.15) is 44.8 Å². The lowest BCUT2D eigenvalue weighted by Gasteiger charge is -2.29. The molecule has 2 aromatic rings. The summed E-state index contributed by atoms with van der Waals surface area (Å²) in [7, 11) is 2.08. The molecule has 1 saturated heterocycles. The number of aryl methyl sites for hydroxylation is 2. The number of H-pyrrole nitrogens is 1. The van der Waals surface area contributed by atoms with Gasteiger partial charge in [0.2, 0.25) is 0 Å². The summed E-state index contributed by atoms with van der Waals surface area (Å²) in [5.74, 6) is -0.491. The van der Waals surface area contributed by atoms with E-state index in [0.29, 0.717) is 11.3 Å².